The van der Waals surface area contributed by atoms with Crippen molar-refractivity contribution in [3.05, 3.63) is 95.8 Å². The van der Waals surface area contributed by atoms with Crippen molar-refractivity contribution >= 4 is 28.9 Å². The number of nitrogens with zero attached hydrogens (tertiary/aromatic N) is 2. The zero-order valence-electron chi connectivity index (χ0n) is 17.9. The Hall–Kier alpha value is -4.72. The number of hydrogen-bond donors (Lipinski definition) is 4. The van der Waals surface area contributed by atoms with E-state index >= 15 is 0 Å². The van der Waals surface area contributed by atoms with Gasteiger partial charge in [0.05, 0.1) is 24.1 Å². The van der Waals surface area contributed by atoms with Crippen molar-refractivity contribution < 1.29 is 9.53 Å². The minimum atomic E-state index is -0.581. The number of hydrogen-bond acceptors (Lipinski definition) is 7. The highest BCUT2D eigenvalue weighted by Crippen LogP contribution is 2.34. The number of nitrogens with two attached hydrogens (primary N) is 2. The average molecular weight is 438 g/mol. The Labute approximate surface area is 190 Å². The van der Waals surface area contributed by atoms with Crippen LogP contribution in [0.3, 0.4) is 0 Å². The molecule has 4 aromatic rings. The van der Waals surface area contributed by atoms with Crippen LogP contribution in [0.15, 0.2) is 79.1 Å². The van der Waals surface area contributed by atoms with Crippen LogP contribution in [-0.4, -0.2) is 28.7 Å². The fourth-order valence-corrected chi connectivity index (χ4v) is 3.46. The second-order valence-corrected chi connectivity index (χ2v) is 7.21. The number of primary amides is 1. The number of carbonyl (C=O) groups is 1. The first kappa shape index (κ1) is 21.5. The van der Waals surface area contributed by atoms with Crippen molar-refractivity contribution in [2.75, 3.05) is 18.2 Å². The van der Waals surface area contributed by atoms with Crippen molar-refractivity contribution in [3.8, 4) is 16.9 Å². The van der Waals surface area contributed by atoms with Crippen LogP contribution in [0, 0.1) is 5.41 Å². The highest BCUT2D eigenvalue weighted by Gasteiger charge is 2.18. The lowest BCUT2D eigenvalue weighted by atomic mass is 10.0. The number of ether oxygens (including phenoxy) is 1. The van der Waals surface area contributed by atoms with E-state index < -0.39 is 5.91 Å². The van der Waals surface area contributed by atoms with Gasteiger partial charge in [0.25, 0.3) is 0 Å². The standard InChI is InChI=1S/C25H22N6O2/c1-33-20-11-10-16(15-6-3-2-4-7-15)13-19(20)31-25-21(23(27)29-14-30-25)22(26)17-8-5-9-18(12-17)24(28)32/h2-14,26H,1H3,(H2,28,32)(H3,27,29,30,31). The fraction of sp³-hybridized carbons (Fsp3) is 0.0400. The number of anilines is 3. The molecule has 3 aromatic carbocycles. The van der Waals surface area contributed by atoms with Gasteiger partial charge in [0.15, 0.2) is 0 Å². The zero-order valence-corrected chi connectivity index (χ0v) is 17.9. The molecule has 0 spiro atoms. The van der Waals surface area contributed by atoms with Gasteiger partial charge in [0, 0.05) is 11.1 Å². The van der Waals surface area contributed by atoms with E-state index in [1.165, 1.54) is 12.4 Å². The molecule has 0 bridgehead atoms. The molecule has 0 aliphatic heterocycles. The Bertz CT molecular complexity index is 1340. The molecule has 1 aromatic heterocycles. The number of methoxy groups -OCH3 is 1. The summed E-state index contributed by atoms with van der Waals surface area (Å²) in [4.78, 5) is 20.0. The van der Waals surface area contributed by atoms with Gasteiger partial charge in [-0.05, 0) is 35.4 Å². The fourth-order valence-electron chi connectivity index (χ4n) is 3.46. The van der Waals surface area contributed by atoms with E-state index in [9.17, 15) is 4.79 Å². The highest BCUT2D eigenvalue weighted by atomic mass is 16.5. The van der Waals surface area contributed by atoms with Crippen molar-refractivity contribution in [1.82, 2.24) is 9.97 Å². The van der Waals surface area contributed by atoms with Crippen LogP contribution in [0.25, 0.3) is 11.1 Å². The third kappa shape index (κ3) is 4.49. The maximum atomic E-state index is 11.6. The molecule has 0 atom stereocenters. The summed E-state index contributed by atoms with van der Waals surface area (Å²) in [6.07, 6.45) is 1.32. The summed E-state index contributed by atoms with van der Waals surface area (Å²) >= 11 is 0. The molecule has 4 rings (SSSR count). The van der Waals surface area contributed by atoms with Crippen molar-refractivity contribution in [2.24, 2.45) is 5.73 Å². The summed E-state index contributed by atoms with van der Waals surface area (Å²) in [6.45, 7) is 0. The van der Waals surface area contributed by atoms with E-state index in [1.54, 1.807) is 25.3 Å². The van der Waals surface area contributed by atoms with Gasteiger partial charge >= 0.3 is 0 Å². The van der Waals surface area contributed by atoms with Crippen molar-refractivity contribution in [2.45, 2.75) is 0 Å². The minimum Gasteiger partial charge on any atom is -0.495 e. The van der Waals surface area contributed by atoms with Gasteiger partial charge in [-0.15, -0.1) is 0 Å². The quantitative estimate of drug-likeness (QED) is 0.322. The topological polar surface area (TPSA) is 140 Å². The summed E-state index contributed by atoms with van der Waals surface area (Å²) in [5.41, 5.74) is 15.3. The predicted molar refractivity (Wildman–Crippen MR) is 129 cm³/mol. The molecular weight excluding hydrogens is 416 g/mol. The van der Waals surface area contributed by atoms with E-state index in [2.05, 4.69) is 15.3 Å². The Morgan fingerprint density at radius 1 is 0.939 bits per heavy atom. The molecule has 0 saturated heterocycles. The van der Waals surface area contributed by atoms with Crippen LogP contribution in [0.5, 0.6) is 5.75 Å². The molecule has 0 aliphatic carbocycles. The Kier molecular flexibility index (Phi) is 5.99. The number of nitrogen functional groups attached to an aromatic ring is 1. The number of nitrogens with one attached hydrogen (secondary N) is 2. The molecule has 1 heterocycles. The predicted octanol–water partition coefficient (Wildman–Crippen LogP) is 3.99. The first-order valence-corrected chi connectivity index (χ1v) is 10.1. The zero-order chi connectivity index (χ0) is 23.4. The van der Waals surface area contributed by atoms with Crippen molar-refractivity contribution in [1.29, 1.82) is 5.41 Å². The van der Waals surface area contributed by atoms with Gasteiger partial charge in [0.2, 0.25) is 5.91 Å². The van der Waals surface area contributed by atoms with Gasteiger partial charge in [-0.2, -0.15) is 0 Å². The molecular formula is C25H22N6O2. The van der Waals surface area contributed by atoms with E-state index in [4.69, 9.17) is 21.6 Å². The van der Waals surface area contributed by atoms with Crippen LogP contribution in [0.1, 0.15) is 21.5 Å². The van der Waals surface area contributed by atoms with Gasteiger partial charge in [0.1, 0.15) is 23.7 Å². The SMILES string of the molecule is COc1ccc(-c2ccccc2)cc1Nc1ncnc(N)c1C(=N)c1cccc(C(N)=O)c1. The molecule has 0 saturated carbocycles. The summed E-state index contributed by atoms with van der Waals surface area (Å²) in [7, 11) is 1.58. The molecule has 8 nitrogen and oxygen atoms in total. The van der Waals surface area contributed by atoms with E-state index in [0.29, 0.717) is 33.9 Å². The Balaban J connectivity index is 1.76. The largest absolute Gasteiger partial charge is 0.495 e. The maximum Gasteiger partial charge on any atom is 0.248 e. The Morgan fingerprint density at radius 2 is 1.70 bits per heavy atom. The monoisotopic (exact) mass is 438 g/mol. The normalized spacial score (nSPS) is 10.5. The van der Waals surface area contributed by atoms with Crippen LogP contribution in [-0.2, 0) is 0 Å². The lowest BCUT2D eigenvalue weighted by molar-refractivity contribution is 0.100. The van der Waals surface area contributed by atoms with Gasteiger partial charge in [-0.25, -0.2) is 9.97 Å². The minimum absolute atomic E-state index is 0.0527. The first-order valence-electron chi connectivity index (χ1n) is 10.1. The van der Waals surface area contributed by atoms with Crippen LogP contribution in [0.4, 0.5) is 17.3 Å². The lowest BCUT2D eigenvalue weighted by Crippen LogP contribution is -2.14. The molecule has 33 heavy (non-hydrogen) atoms. The van der Waals surface area contributed by atoms with Gasteiger partial charge in [-0.3, -0.25) is 10.2 Å². The number of carbonyl (C=O) groups excluding carboxylic acids is 1. The van der Waals surface area contributed by atoms with Crippen LogP contribution >= 0.6 is 0 Å². The molecule has 1 amide bonds. The summed E-state index contributed by atoms with van der Waals surface area (Å²) in [6, 6.07) is 22.2. The molecule has 0 aliphatic rings. The van der Waals surface area contributed by atoms with Gasteiger partial charge in [-0.1, -0.05) is 48.5 Å². The second kappa shape index (κ2) is 9.19. The first-order chi connectivity index (χ1) is 16.0. The number of benzene rings is 3. The molecule has 0 unspecified atom stereocenters. The van der Waals surface area contributed by atoms with Crippen LogP contribution < -0.4 is 21.5 Å². The van der Waals surface area contributed by atoms with E-state index in [-0.39, 0.29) is 11.5 Å². The number of amides is 1. The summed E-state index contributed by atoms with van der Waals surface area (Å²) in [5.74, 6) is 0.475. The molecule has 164 valence electrons. The summed E-state index contributed by atoms with van der Waals surface area (Å²) < 4.78 is 5.52. The average Bonchev–Trinajstić information content (AvgIpc) is 2.84. The molecule has 0 fully saturated rings. The van der Waals surface area contributed by atoms with E-state index in [1.807, 2.05) is 48.5 Å². The molecule has 0 radical (unpaired) electrons. The third-order valence-corrected chi connectivity index (χ3v) is 5.12. The summed E-state index contributed by atoms with van der Waals surface area (Å²) in [5, 5.41) is 12.0. The van der Waals surface area contributed by atoms with Crippen molar-refractivity contribution in [3.63, 3.8) is 0 Å². The smallest absolute Gasteiger partial charge is 0.248 e. The second-order valence-electron chi connectivity index (χ2n) is 7.21. The molecule has 6 N–H and O–H groups in total. The van der Waals surface area contributed by atoms with Crippen LogP contribution in [0.2, 0.25) is 0 Å². The maximum absolute atomic E-state index is 11.6. The van der Waals surface area contributed by atoms with Gasteiger partial charge < -0.3 is 21.5 Å². The Morgan fingerprint density at radius 3 is 2.42 bits per heavy atom. The lowest BCUT2D eigenvalue weighted by Gasteiger charge is -2.16. The third-order valence-electron chi connectivity index (χ3n) is 5.12. The number of aromatic nitrogens is 2. The number of rotatable bonds is 7. The van der Waals surface area contributed by atoms with E-state index in [0.717, 1.165) is 11.1 Å². The highest BCUT2D eigenvalue weighted by molar-refractivity contribution is 6.17. The molecule has 8 heteroatoms.